The van der Waals surface area contributed by atoms with Crippen molar-refractivity contribution >= 4 is 59.6 Å². The van der Waals surface area contributed by atoms with Gasteiger partial charge in [-0.1, -0.05) is 51.1 Å². The second-order valence-corrected chi connectivity index (χ2v) is 10.6. The average molecular weight is 432 g/mol. The molecule has 0 N–H and O–H groups in total. The molecule has 0 spiro atoms. The van der Waals surface area contributed by atoms with Crippen LogP contribution in [0.1, 0.15) is 26.3 Å². The Labute approximate surface area is 189 Å². The van der Waals surface area contributed by atoms with Crippen molar-refractivity contribution in [2.75, 3.05) is 0 Å². The highest BCUT2D eigenvalue weighted by Gasteiger charge is 2.23. The van der Waals surface area contributed by atoms with Crippen molar-refractivity contribution in [3.05, 3.63) is 78.6 Å². The van der Waals surface area contributed by atoms with Gasteiger partial charge in [0.2, 0.25) is 0 Å². The van der Waals surface area contributed by atoms with E-state index in [1.807, 2.05) is 23.7 Å². The van der Waals surface area contributed by atoms with Crippen molar-refractivity contribution in [3.63, 3.8) is 0 Å². The van der Waals surface area contributed by atoms with E-state index in [9.17, 15) is 0 Å². The van der Waals surface area contributed by atoms with Gasteiger partial charge in [0.15, 0.2) is 0 Å². The fourth-order valence-electron chi connectivity index (χ4n) is 4.99. The lowest BCUT2D eigenvalue weighted by atomic mass is 9.86. The third-order valence-corrected chi connectivity index (χ3v) is 7.75. The summed E-state index contributed by atoms with van der Waals surface area (Å²) in [6.45, 7) is 6.79. The molecule has 0 radical (unpaired) electrons. The van der Waals surface area contributed by atoms with Crippen molar-refractivity contribution in [2.45, 2.75) is 26.2 Å². The van der Waals surface area contributed by atoms with Crippen LogP contribution in [0.4, 0.5) is 0 Å². The molecule has 0 aliphatic carbocycles. The van der Waals surface area contributed by atoms with E-state index >= 15 is 0 Å². The molecule has 0 aliphatic heterocycles. The van der Waals surface area contributed by atoms with Crippen LogP contribution in [0.25, 0.3) is 58.9 Å². The van der Waals surface area contributed by atoms with Crippen molar-refractivity contribution < 1.29 is 0 Å². The van der Waals surface area contributed by atoms with E-state index < -0.39 is 0 Å². The van der Waals surface area contributed by atoms with Crippen LogP contribution in [-0.2, 0) is 5.41 Å². The molecule has 4 heteroatoms. The largest absolute Gasteiger partial charge is 0.298 e. The van der Waals surface area contributed by atoms with Crippen LogP contribution in [0, 0.1) is 0 Å². The molecule has 0 atom stereocenters. The smallest absolute Gasteiger partial charge is 0.109 e. The predicted octanol–water partition coefficient (Wildman–Crippen LogP) is 7.81. The van der Waals surface area contributed by atoms with Gasteiger partial charge in [0.25, 0.3) is 0 Å². The van der Waals surface area contributed by atoms with Gasteiger partial charge in [0.1, 0.15) is 4.83 Å². The zero-order valence-electron chi connectivity index (χ0n) is 18.2. The predicted molar refractivity (Wildman–Crippen MR) is 136 cm³/mol. The SMILES string of the molecule is CC(C)(C)c1ccc2c(c1)c1nccc3c4cc(-c5nccc6ccccc56)sc4n2c31. The van der Waals surface area contributed by atoms with Gasteiger partial charge in [0, 0.05) is 33.9 Å². The Hall–Kier alpha value is -3.50. The Morgan fingerprint density at radius 1 is 0.781 bits per heavy atom. The summed E-state index contributed by atoms with van der Waals surface area (Å²) < 4.78 is 2.41. The number of fused-ring (bicyclic) bond motifs is 7. The Morgan fingerprint density at radius 2 is 1.62 bits per heavy atom. The fourth-order valence-corrected chi connectivity index (χ4v) is 6.19. The molecule has 154 valence electrons. The standard InChI is InChI=1S/C28H21N3S/c1-28(2,3)17-8-9-22-21(14-17)25-26-19(11-13-30-25)20-15-23(32-27(20)31(22)26)24-18-7-5-4-6-16(18)10-12-29-24/h4-15H,1-3H3. The van der Waals surface area contributed by atoms with Crippen LogP contribution in [-0.4, -0.2) is 14.4 Å². The average Bonchev–Trinajstić information content (AvgIpc) is 3.45. The molecule has 7 aromatic rings. The maximum Gasteiger partial charge on any atom is 0.109 e. The minimum absolute atomic E-state index is 0.103. The van der Waals surface area contributed by atoms with Gasteiger partial charge in [-0.15, -0.1) is 11.3 Å². The molecule has 0 aliphatic rings. The van der Waals surface area contributed by atoms with E-state index in [-0.39, 0.29) is 5.41 Å². The molecular weight excluding hydrogens is 410 g/mol. The molecule has 2 aromatic carbocycles. The van der Waals surface area contributed by atoms with E-state index in [0.717, 1.165) is 11.2 Å². The molecule has 7 rings (SSSR count). The third kappa shape index (κ3) is 2.30. The van der Waals surface area contributed by atoms with E-state index in [0.29, 0.717) is 0 Å². The first-order chi connectivity index (χ1) is 15.5. The molecule has 3 nitrogen and oxygen atoms in total. The normalized spacial score (nSPS) is 12.8. The molecule has 0 fully saturated rings. The van der Waals surface area contributed by atoms with Gasteiger partial charge in [-0.3, -0.25) is 14.4 Å². The van der Waals surface area contributed by atoms with Crippen LogP contribution in [0.3, 0.4) is 0 Å². The van der Waals surface area contributed by atoms with Gasteiger partial charge < -0.3 is 0 Å². The molecule has 32 heavy (non-hydrogen) atoms. The first kappa shape index (κ1) is 18.1. The van der Waals surface area contributed by atoms with Crippen LogP contribution < -0.4 is 0 Å². The Balaban J connectivity index is 1.59. The molecule has 5 aromatic heterocycles. The van der Waals surface area contributed by atoms with Gasteiger partial charge in [-0.2, -0.15) is 0 Å². The molecule has 0 saturated heterocycles. The zero-order valence-corrected chi connectivity index (χ0v) is 19.0. The third-order valence-electron chi connectivity index (χ3n) is 6.62. The number of rotatable bonds is 1. The Bertz CT molecular complexity index is 1810. The van der Waals surface area contributed by atoms with Crippen LogP contribution >= 0.6 is 11.3 Å². The summed E-state index contributed by atoms with van der Waals surface area (Å²) in [4.78, 5) is 12.1. The van der Waals surface area contributed by atoms with Gasteiger partial charge in [-0.25, -0.2) is 0 Å². The number of benzene rings is 2. The highest BCUT2D eigenvalue weighted by molar-refractivity contribution is 7.22. The molecule has 0 amide bonds. The van der Waals surface area contributed by atoms with Crippen LogP contribution in [0.2, 0.25) is 0 Å². The van der Waals surface area contributed by atoms with Crippen LogP contribution in [0.15, 0.2) is 73.1 Å². The Morgan fingerprint density at radius 3 is 2.50 bits per heavy atom. The number of thiophene rings is 1. The Kier molecular flexibility index (Phi) is 3.42. The topological polar surface area (TPSA) is 30.2 Å². The summed E-state index contributed by atoms with van der Waals surface area (Å²) in [7, 11) is 0. The van der Waals surface area contributed by atoms with Crippen molar-refractivity contribution in [2.24, 2.45) is 0 Å². The summed E-state index contributed by atoms with van der Waals surface area (Å²) in [5.74, 6) is 0. The summed E-state index contributed by atoms with van der Waals surface area (Å²) in [5, 5.41) is 6.20. The first-order valence-corrected chi connectivity index (χ1v) is 11.7. The molecule has 0 saturated carbocycles. The second-order valence-electron chi connectivity index (χ2n) is 9.58. The lowest BCUT2D eigenvalue weighted by Gasteiger charge is -2.18. The lowest BCUT2D eigenvalue weighted by molar-refractivity contribution is 0.591. The maximum absolute atomic E-state index is 4.81. The minimum Gasteiger partial charge on any atom is -0.298 e. The second kappa shape index (κ2) is 6.05. The van der Waals surface area contributed by atoms with Crippen molar-refractivity contribution in [1.29, 1.82) is 0 Å². The minimum atomic E-state index is 0.103. The van der Waals surface area contributed by atoms with Gasteiger partial charge in [-0.05, 0) is 46.7 Å². The van der Waals surface area contributed by atoms with Crippen molar-refractivity contribution in [1.82, 2.24) is 14.4 Å². The van der Waals surface area contributed by atoms with E-state index in [1.165, 1.54) is 53.2 Å². The summed E-state index contributed by atoms with van der Waals surface area (Å²) >= 11 is 1.82. The summed E-state index contributed by atoms with van der Waals surface area (Å²) in [6, 6.07) is 21.9. The summed E-state index contributed by atoms with van der Waals surface area (Å²) in [6.07, 6.45) is 3.87. The van der Waals surface area contributed by atoms with E-state index in [2.05, 4.69) is 85.8 Å². The summed E-state index contributed by atoms with van der Waals surface area (Å²) in [5.41, 5.74) is 6.05. The number of hydrogen-bond donors (Lipinski definition) is 0. The molecule has 5 heterocycles. The number of pyridine rings is 2. The lowest BCUT2D eigenvalue weighted by Crippen LogP contribution is -2.10. The van der Waals surface area contributed by atoms with E-state index in [4.69, 9.17) is 9.97 Å². The monoisotopic (exact) mass is 431 g/mol. The maximum atomic E-state index is 4.81. The van der Waals surface area contributed by atoms with Crippen molar-refractivity contribution in [3.8, 4) is 10.6 Å². The number of nitrogens with zero attached hydrogens (tertiary/aromatic N) is 3. The molecule has 0 unspecified atom stereocenters. The fraction of sp³-hybridized carbons (Fsp3) is 0.143. The highest BCUT2D eigenvalue weighted by atomic mass is 32.1. The number of hydrogen-bond acceptors (Lipinski definition) is 3. The highest BCUT2D eigenvalue weighted by Crippen LogP contribution is 2.44. The first-order valence-electron chi connectivity index (χ1n) is 10.9. The zero-order chi connectivity index (χ0) is 21.6. The van der Waals surface area contributed by atoms with Gasteiger partial charge in [0.05, 0.1) is 27.1 Å². The van der Waals surface area contributed by atoms with E-state index in [1.54, 1.807) is 0 Å². The quantitative estimate of drug-likeness (QED) is 0.265. The number of aromatic nitrogens is 3. The van der Waals surface area contributed by atoms with Crippen LogP contribution in [0.5, 0.6) is 0 Å². The molecule has 0 bridgehead atoms. The molecular formula is C28H21N3S. The van der Waals surface area contributed by atoms with Gasteiger partial charge >= 0.3 is 0 Å².